The lowest BCUT2D eigenvalue weighted by Crippen LogP contribution is -2.63. The minimum absolute atomic E-state index is 0.285. The molecular weight excluding hydrogens is 381 g/mol. The number of nitrogens with zero attached hydrogens (tertiary/aromatic N) is 1. The first kappa shape index (κ1) is 21.3. The molecule has 4 nitrogen and oxygen atoms in total. The number of benzene rings is 2. The molecule has 3 fully saturated rings. The van der Waals surface area contributed by atoms with Gasteiger partial charge in [0.25, 0.3) is 0 Å². The van der Waals surface area contributed by atoms with Gasteiger partial charge in [-0.1, -0.05) is 60.7 Å². The Morgan fingerprint density at radius 1 is 0.966 bits per heavy atom. The van der Waals surface area contributed by atoms with E-state index in [-0.39, 0.29) is 6.04 Å². The average Bonchev–Trinajstić information content (AvgIpc) is 2.72. The first-order valence-corrected chi connectivity index (χ1v) is 9.68. The van der Waals surface area contributed by atoms with Crippen LogP contribution in [0.5, 0.6) is 0 Å². The normalized spacial score (nSPS) is 26.0. The van der Waals surface area contributed by atoms with E-state index in [0.29, 0.717) is 17.9 Å². The first-order valence-electron chi connectivity index (χ1n) is 9.68. The van der Waals surface area contributed by atoms with Gasteiger partial charge in [-0.25, -0.2) is 4.79 Å². The molecular formula is C22H25F3N2O2. The molecule has 3 N–H and O–H groups in total. The van der Waals surface area contributed by atoms with Gasteiger partial charge < -0.3 is 10.8 Å². The van der Waals surface area contributed by atoms with Crippen molar-refractivity contribution in [2.75, 3.05) is 13.1 Å². The SMILES string of the molecule is N[C@H]1C2CCN(CC2)[C@H]1C(c1ccccc1)c1ccccc1.O=C(O)C(F)(F)F. The summed E-state index contributed by atoms with van der Waals surface area (Å²) in [4.78, 5) is 11.5. The highest BCUT2D eigenvalue weighted by atomic mass is 19.4. The predicted molar refractivity (Wildman–Crippen MR) is 104 cm³/mol. The number of nitrogens with two attached hydrogens (primary N) is 1. The molecule has 0 amide bonds. The molecule has 0 spiro atoms. The van der Waals surface area contributed by atoms with Gasteiger partial charge in [-0.15, -0.1) is 0 Å². The topological polar surface area (TPSA) is 66.6 Å². The Hall–Kier alpha value is -2.38. The van der Waals surface area contributed by atoms with Crippen LogP contribution in [0.2, 0.25) is 0 Å². The van der Waals surface area contributed by atoms with E-state index in [1.807, 2.05) is 0 Å². The zero-order valence-corrected chi connectivity index (χ0v) is 15.9. The highest BCUT2D eigenvalue weighted by Gasteiger charge is 2.44. The molecule has 29 heavy (non-hydrogen) atoms. The highest BCUT2D eigenvalue weighted by molar-refractivity contribution is 5.73. The second-order valence-corrected chi connectivity index (χ2v) is 7.54. The van der Waals surface area contributed by atoms with E-state index in [4.69, 9.17) is 15.6 Å². The Morgan fingerprint density at radius 2 is 1.38 bits per heavy atom. The maximum atomic E-state index is 10.6. The number of rotatable bonds is 3. The highest BCUT2D eigenvalue weighted by Crippen LogP contribution is 2.40. The van der Waals surface area contributed by atoms with Crippen LogP contribution in [-0.2, 0) is 4.79 Å². The molecule has 0 aliphatic carbocycles. The molecule has 3 saturated heterocycles. The zero-order valence-electron chi connectivity index (χ0n) is 15.9. The number of piperidine rings is 3. The van der Waals surface area contributed by atoms with Crippen molar-refractivity contribution in [3.8, 4) is 0 Å². The van der Waals surface area contributed by atoms with Crippen LogP contribution in [0.4, 0.5) is 13.2 Å². The Morgan fingerprint density at radius 3 is 1.72 bits per heavy atom. The van der Waals surface area contributed by atoms with Gasteiger partial charge in [0.2, 0.25) is 0 Å². The van der Waals surface area contributed by atoms with Gasteiger partial charge in [0.1, 0.15) is 0 Å². The summed E-state index contributed by atoms with van der Waals surface area (Å²) >= 11 is 0. The maximum Gasteiger partial charge on any atom is 0.490 e. The van der Waals surface area contributed by atoms with Crippen molar-refractivity contribution in [1.82, 2.24) is 4.90 Å². The number of carboxylic acid groups (broad SMARTS) is 1. The minimum atomic E-state index is -5.08. The summed E-state index contributed by atoms with van der Waals surface area (Å²) in [5.41, 5.74) is 9.48. The van der Waals surface area contributed by atoms with Crippen LogP contribution in [0.1, 0.15) is 29.9 Å². The van der Waals surface area contributed by atoms with E-state index in [9.17, 15) is 13.2 Å². The summed E-state index contributed by atoms with van der Waals surface area (Å²) in [7, 11) is 0. The molecule has 3 aliphatic rings. The predicted octanol–water partition coefficient (Wildman–Crippen LogP) is 3.87. The molecule has 2 atom stereocenters. The second-order valence-electron chi connectivity index (χ2n) is 7.54. The van der Waals surface area contributed by atoms with Gasteiger partial charge in [-0.3, -0.25) is 4.90 Å². The number of carboxylic acids is 1. The van der Waals surface area contributed by atoms with Crippen molar-refractivity contribution >= 4 is 5.97 Å². The van der Waals surface area contributed by atoms with Gasteiger partial charge in [-0.2, -0.15) is 13.2 Å². The van der Waals surface area contributed by atoms with Crippen LogP contribution >= 0.6 is 0 Å². The monoisotopic (exact) mass is 406 g/mol. The number of carbonyl (C=O) groups is 1. The van der Waals surface area contributed by atoms with Gasteiger partial charge in [0.05, 0.1) is 0 Å². The summed E-state index contributed by atoms with van der Waals surface area (Å²) in [6.07, 6.45) is -2.54. The molecule has 3 aliphatic heterocycles. The van der Waals surface area contributed by atoms with Crippen LogP contribution in [0.15, 0.2) is 60.7 Å². The Balaban J connectivity index is 0.000000298. The third-order valence-corrected chi connectivity index (χ3v) is 5.84. The molecule has 5 rings (SSSR count). The fourth-order valence-corrected chi connectivity index (χ4v) is 4.47. The number of hydrogen-bond donors (Lipinski definition) is 2. The third-order valence-electron chi connectivity index (χ3n) is 5.84. The van der Waals surface area contributed by atoms with E-state index in [0.717, 1.165) is 0 Å². The molecule has 156 valence electrons. The summed E-state index contributed by atoms with van der Waals surface area (Å²) in [6, 6.07) is 22.5. The zero-order chi connectivity index (χ0) is 21.0. The fourth-order valence-electron chi connectivity index (χ4n) is 4.47. The molecule has 0 unspecified atom stereocenters. The Bertz CT molecular complexity index is 749. The number of halogens is 3. The van der Waals surface area contributed by atoms with Gasteiger partial charge >= 0.3 is 12.1 Å². The van der Waals surface area contributed by atoms with E-state index in [1.54, 1.807) is 0 Å². The lowest BCUT2D eigenvalue weighted by Gasteiger charge is -2.52. The van der Waals surface area contributed by atoms with Crippen LogP contribution in [0.3, 0.4) is 0 Å². The van der Waals surface area contributed by atoms with Crippen molar-refractivity contribution in [3.63, 3.8) is 0 Å². The molecule has 2 aromatic carbocycles. The minimum Gasteiger partial charge on any atom is -0.475 e. The summed E-state index contributed by atoms with van der Waals surface area (Å²) in [5.74, 6) is -1.68. The largest absolute Gasteiger partial charge is 0.490 e. The van der Waals surface area contributed by atoms with Crippen molar-refractivity contribution < 1.29 is 23.1 Å². The number of aliphatic carboxylic acids is 1. The third kappa shape index (κ3) is 4.97. The molecule has 2 aromatic rings. The van der Waals surface area contributed by atoms with Gasteiger partial charge in [-0.05, 0) is 43.0 Å². The average molecular weight is 406 g/mol. The Labute approximate surface area is 168 Å². The molecule has 0 saturated carbocycles. The summed E-state index contributed by atoms with van der Waals surface area (Å²) < 4.78 is 31.7. The molecule has 7 heteroatoms. The quantitative estimate of drug-likeness (QED) is 0.812. The van der Waals surface area contributed by atoms with Crippen LogP contribution < -0.4 is 5.73 Å². The lowest BCUT2D eigenvalue weighted by molar-refractivity contribution is -0.192. The van der Waals surface area contributed by atoms with E-state index >= 15 is 0 Å². The van der Waals surface area contributed by atoms with E-state index in [1.165, 1.54) is 37.1 Å². The van der Waals surface area contributed by atoms with Crippen LogP contribution in [0, 0.1) is 5.92 Å². The smallest absolute Gasteiger partial charge is 0.475 e. The van der Waals surface area contributed by atoms with Crippen molar-refractivity contribution in [3.05, 3.63) is 71.8 Å². The van der Waals surface area contributed by atoms with E-state index < -0.39 is 12.1 Å². The molecule has 2 bridgehead atoms. The molecule has 3 heterocycles. The lowest BCUT2D eigenvalue weighted by atomic mass is 9.71. The molecule has 0 radical (unpaired) electrons. The van der Waals surface area contributed by atoms with Crippen molar-refractivity contribution in [2.24, 2.45) is 11.7 Å². The summed E-state index contributed by atoms with van der Waals surface area (Å²) in [6.45, 7) is 2.42. The van der Waals surface area contributed by atoms with Crippen molar-refractivity contribution in [2.45, 2.75) is 37.0 Å². The Kier molecular flexibility index (Phi) is 6.59. The first-order chi connectivity index (χ1) is 13.8. The number of hydrogen-bond acceptors (Lipinski definition) is 3. The van der Waals surface area contributed by atoms with E-state index in [2.05, 4.69) is 65.6 Å². The van der Waals surface area contributed by atoms with Gasteiger partial charge in [0.15, 0.2) is 0 Å². The fraction of sp³-hybridized carbons (Fsp3) is 0.409. The maximum absolute atomic E-state index is 10.6. The second kappa shape index (κ2) is 8.97. The molecule has 0 aromatic heterocycles. The number of fused-ring (bicyclic) bond motifs is 3. The van der Waals surface area contributed by atoms with Crippen molar-refractivity contribution in [1.29, 1.82) is 0 Å². The standard InChI is InChI=1S/C20H24N2.C2HF3O2/c21-19-17-11-13-22(14-12-17)20(19)18(15-7-3-1-4-8-15)16-9-5-2-6-10-16;3-2(4,5)1(6)7/h1-10,17-20H,11-14,21H2;(H,6,7)/t19-,20-;/m0./s1. The number of alkyl halides is 3. The van der Waals surface area contributed by atoms with Crippen LogP contribution in [0.25, 0.3) is 0 Å². The van der Waals surface area contributed by atoms with Gasteiger partial charge in [0, 0.05) is 18.0 Å². The summed E-state index contributed by atoms with van der Waals surface area (Å²) in [5, 5.41) is 7.12. The van der Waals surface area contributed by atoms with Crippen LogP contribution in [-0.4, -0.2) is 47.3 Å².